The maximum atomic E-state index is 12.7. The lowest BCUT2D eigenvalue weighted by Gasteiger charge is -2.23. The molecule has 2 N–H and O–H groups in total. The van der Waals surface area contributed by atoms with Crippen LogP contribution in [0.15, 0.2) is 91.0 Å². The van der Waals surface area contributed by atoms with Crippen LogP contribution in [0.25, 0.3) is 21.9 Å². The van der Waals surface area contributed by atoms with E-state index in [1.165, 1.54) is 0 Å². The third kappa shape index (κ3) is 3.90. The summed E-state index contributed by atoms with van der Waals surface area (Å²) in [6.07, 6.45) is -0.735. The Labute approximate surface area is 198 Å². The minimum absolute atomic E-state index is 0.0862. The van der Waals surface area contributed by atoms with Gasteiger partial charge in [-0.2, -0.15) is 0 Å². The maximum Gasteiger partial charge on any atom is 0.407 e. The molecule has 5 heteroatoms. The predicted octanol–water partition coefficient (Wildman–Crippen LogP) is 5.94. The highest BCUT2D eigenvalue weighted by atomic mass is 16.5. The van der Waals surface area contributed by atoms with Crippen LogP contribution in [-0.2, 0) is 9.53 Å². The van der Waals surface area contributed by atoms with Crippen molar-refractivity contribution >= 4 is 22.8 Å². The number of aliphatic carboxylic acids is 1. The van der Waals surface area contributed by atoms with E-state index in [-0.39, 0.29) is 12.5 Å². The number of amides is 1. The van der Waals surface area contributed by atoms with Crippen LogP contribution in [0.1, 0.15) is 35.4 Å². The molecule has 2 atom stereocenters. The van der Waals surface area contributed by atoms with Gasteiger partial charge in [0.15, 0.2) is 0 Å². The lowest BCUT2D eigenvalue weighted by atomic mass is 9.89. The van der Waals surface area contributed by atoms with Crippen molar-refractivity contribution in [1.82, 2.24) is 5.32 Å². The van der Waals surface area contributed by atoms with Crippen molar-refractivity contribution in [2.75, 3.05) is 6.61 Å². The van der Waals surface area contributed by atoms with Crippen molar-refractivity contribution in [2.24, 2.45) is 0 Å². The molecule has 0 aromatic heterocycles. The zero-order chi connectivity index (χ0) is 23.7. The number of carboxylic acids is 1. The second-order valence-corrected chi connectivity index (χ2v) is 8.64. The fourth-order valence-corrected chi connectivity index (χ4v) is 4.99. The fourth-order valence-electron chi connectivity index (χ4n) is 4.99. The standard InChI is InChI=1S/C29H25NO4/c1-18(20-16-8-10-19-9-2-3-11-21(19)20)27(28(31)32)30-29(33)34-17-26-24-14-6-4-12-22(24)23-13-5-7-15-25(23)26/h2-16,18,26-27H,17H2,1H3,(H,30,33)(H,31,32). The van der Waals surface area contributed by atoms with E-state index in [1.807, 2.05) is 85.8 Å². The van der Waals surface area contributed by atoms with Crippen LogP contribution in [0.4, 0.5) is 4.79 Å². The molecule has 5 rings (SSSR count). The van der Waals surface area contributed by atoms with Crippen molar-refractivity contribution in [3.63, 3.8) is 0 Å². The molecule has 0 radical (unpaired) electrons. The van der Waals surface area contributed by atoms with E-state index in [9.17, 15) is 14.7 Å². The van der Waals surface area contributed by atoms with Crippen molar-refractivity contribution in [3.05, 3.63) is 108 Å². The Morgan fingerprint density at radius 3 is 2.12 bits per heavy atom. The van der Waals surface area contributed by atoms with Gasteiger partial charge in [-0.05, 0) is 38.6 Å². The van der Waals surface area contributed by atoms with Crippen molar-refractivity contribution < 1.29 is 19.4 Å². The molecule has 0 aliphatic heterocycles. The van der Waals surface area contributed by atoms with Gasteiger partial charge in [-0.1, -0.05) is 97.9 Å². The number of carbonyl (C=O) groups is 2. The molecule has 1 aliphatic rings. The first kappa shape index (κ1) is 21.7. The molecule has 0 saturated heterocycles. The molecular weight excluding hydrogens is 426 g/mol. The zero-order valence-corrected chi connectivity index (χ0v) is 18.8. The molecular formula is C29H25NO4. The first-order chi connectivity index (χ1) is 16.5. The van der Waals surface area contributed by atoms with Gasteiger partial charge in [-0.25, -0.2) is 9.59 Å². The second kappa shape index (κ2) is 9.02. The molecule has 0 fully saturated rings. The van der Waals surface area contributed by atoms with Gasteiger partial charge in [0.25, 0.3) is 0 Å². The molecule has 34 heavy (non-hydrogen) atoms. The first-order valence-corrected chi connectivity index (χ1v) is 11.4. The Balaban J connectivity index is 1.33. The van der Waals surface area contributed by atoms with Crippen LogP contribution in [0.2, 0.25) is 0 Å². The average Bonchev–Trinajstić information content (AvgIpc) is 3.19. The molecule has 4 aromatic carbocycles. The molecule has 0 bridgehead atoms. The number of hydrogen-bond acceptors (Lipinski definition) is 3. The minimum Gasteiger partial charge on any atom is -0.480 e. The number of hydrogen-bond donors (Lipinski definition) is 2. The number of carboxylic acid groups (broad SMARTS) is 1. The number of fused-ring (bicyclic) bond motifs is 4. The van der Waals surface area contributed by atoms with Crippen LogP contribution < -0.4 is 5.32 Å². The van der Waals surface area contributed by atoms with Gasteiger partial charge >= 0.3 is 12.1 Å². The Morgan fingerprint density at radius 2 is 1.44 bits per heavy atom. The monoisotopic (exact) mass is 451 g/mol. The molecule has 5 nitrogen and oxygen atoms in total. The molecule has 1 amide bonds. The SMILES string of the molecule is CC(c1cccc2ccccc12)C(NC(=O)OCC1c2ccccc2-c2ccccc21)C(=O)O. The quantitative estimate of drug-likeness (QED) is 0.381. The predicted molar refractivity (Wildman–Crippen MR) is 132 cm³/mol. The summed E-state index contributed by atoms with van der Waals surface area (Å²) < 4.78 is 5.58. The van der Waals surface area contributed by atoms with E-state index in [1.54, 1.807) is 0 Å². The van der Waals surface area contributed by atoms with Gasteiger partial charge < -0.3 is 15.2 Å². The number of ether oxygens (including phenoxy) is 1. The summed E-state index contributed by atoms with van der Waals surface area (Å²) in [5.74, 6) is -1.64. The number of rotatable bonds is 6. The van der Waals surface area contributed by atoms with E-state index in [4.69, 9.17) is 4.74 Å². The van der Waals surface area contributed by atoms with Crippen LogP contribution in [0.5, 0.6) is 0 Å². The number of alkyl carbamates (subject to hydrolysis) is 1. The molecule has 0 spiro atoms. The Kier molecular flexibility index (Phi) is 5.76. The molecule has 0 saturated carbocycles. The first-order valence-electron chi connectivity index (χ1n) is 11.4. The minimum atomic E-state index is -1.12. The third-order valence-corrected chi connectivity index (χ3v) is 6.70. The van der Waals surface area contributed by atoms with Gasteiger partial charge in [0, 0.05) is 11.8 Å². The van der Waals surface area contributed by atoms with Crippen LogP contribution in [0.3, 0.4) is 0 Å². The van der Waals surface area contributed by atoms with Gasteiger partial charge in [-0.3, -0.25) is 0 Å². The van der Waals surface area contributed by atoms with Gasteiger partial charge in [-0.15, -0.1) is 0 Å². The van der Waals surface area contributed by atoms with E-state index in [0.717, 1.165) is 38.6 Å². The van der Waals surface area contributed by atoms with E-state index in [2.05, 4.69) is 17.4 Å². The summed E-state index contributed by atoms with van der Waals surface area (Å²) in [4.78, 5) is 24.8. The van der Waals surface area contributed by atoms with Crippen LogP contribution in [-0.4, -0.2) is 29.8 Å². The third-order valence-electron chi connectivity index (χ3n) is 6.70. The Bertz CT molecular complexity index is 1330. The van der Waals surface area contributed by atoms with E-state index >= 15 is 0 Å². The highest BCUT2D eigenvalue weighted by Crippen LogP contribution is 2.44. The number of benzene rings is 4. The number of nitrogens with one attached hydrogen (secondary N) is 1. The smallest absolute Gasteiger partial charge is 0.407 e. The highest BCUT2D eigenvalue weighted by molar-refractivity contribution is 5.88. The lowest BCUT2D eigenvalue weighted by molar-refractivity contribution is -0.139. The largest absolute Gasteiger partial charge is 0.480 e. The summed E-state index contributed by atoms with van der Waals surface area (Å²) in [6.45, 7) is 1.94. The summed E-state index contributed by atoms with van der Waals surface area (Å²) in [6, 6.07) is 28.7. The second-order valence-electron chi connectivity index (χ2n) is 8.64. The van der Waals surface area contributed by atoms with E-state index in [0.29, 0.717) is 0 Å². The normalized spacial score (nSPS) is 14.1. The molecule has 1 aliphatic carbocycles. The summed E-state index contributed by atoms with van der Waals surface area (Å²) in [7, 11) is 0. The van der Waals surface area contributed by atoms with Gasteiger partial charge in [0.05, 0.1) is 0 Å². The van der Waals surface area contributed by atoms with Crippen LogP contribution >= 0.6 is 0 Å². The Morgan fingerprint density at radius 1 is 0.853 bits per heavy atom. The molecule has 4 aromatic rings. The maximum absolute atomic E-state index is 12.7. The molecule has 170 valence electrons. The molecule has 2 unspecified atom stereocenters. The molecule has 0 heterocycles. The average molecular weight is 452 g/mol. The van der Waals surface area contributed by atoms with Crippen LogP contribution in [0, 0.1) is 0 Å². The van der Waals surface area contributed by atoms with Gasteiger partial charge in [0.2, 0.25) is 0 Å². The van der Waals surface area contributed by atoms with Crippen molar-refractivity contribution in [1.29, 1.82) is 0 Å². The fraction of sp³-hybridized carbons (Fsp3) is 0.172. The number of carbonyl (C=O) groups excluding carboxylic acids is 1. The summed E-state index contributed by atoms with van der Waals surface area (Å²) in [5.41, 5.74) is 5.36. The Hall–Kier alpha value is -4.12. The van der Waals surface area contributed by atoms with Gasteiger partial charge in [0.1, 0.15) is 12.6 Å². The van der Waals surface area contributed by atoms with Crippen molar-refractivity contribution in [3.8, 4) is 11.1 Å². The lowest BCUT2D eigenvalue weighted by Crippen LogP contribution is -2.44. The summed E-state index contributed by atoms with van der Waals surface area (Å²) >= 11 is 0. The van der Waals surface area contributed by atoms with E-state index < -0.39 is 24.0 Å². The highest BCUT2D eigenvalue weighted by Gasteiger charge is 2.32. The summed E-state index contributed by atoms with van der Waals surface area (Å²) in [5, 5.41) is 14.5. The topological polar surface area (TPSA) is 75.6 Å². The van der Waals surface area contributed by atoms with Crippen molar-refractivity contribution in [2.45, 2.75) is 24.8 Å². The zero-order valence-electron chi connectivity index (χ0n) is 18.8.